The molecule has 308 valence electrons. The van der Waals surface area contributed by atoms with E-state index in [0.717, 1.165) is 62.3 Å². The Hall–Kier alpha value is -8.40. The van der Waals surface area contributed by atoms with Gasteiger partial charge >= 0.3 is 0 Å². The van der Waals surface area contributed by atoms with E-state index < -0.39 is 0 Å². The van der Waals surface area contributed by atoms with Gasteiger partial charge in [0.25, 0.3) is 0 Å². The average Bonchev–Trinajstić information content (AvgIpc) is 4.05. The number of fused-ring (bicyclic) bond motifs is 9. The molecule has 0 amide bonds. The van der Waals surface area contributed by atoms with E-state index in [1.165, 1.54) is 66.1 Å². The maximum Gasteiger partial charge on any atom is 0.0565 e. The molecule has 1 N–H and O–H groups in total. The first-order chi connectivity index (χ1) is 32.1. The van der Waals surface area contributed by atoms with Crippen molar-refractivity contribution in [3.8, 4) is 39.1 Å². The Morgan fingerprint density at radius 3 is 1.95 bits per heavy atom. The summed E-state index contributed by atoms with van der Waals surface area (Å²) in [5.74, 6) is 0. The Balaban J connectivity index is 0.998. The summed E-state index contributed by atoms with van der Waals surface area (Å²) < 4.78 is 2.37. The second-order valence-electron chi connectivity index (χ2n) is 17.0. The number of benzene rings is 9. The van der Waals surface area contributed by atoms with Gasteiger partial charge in [0.2, 0.25) is 0 Å². The smallest absolute Gasteiger partial charge is 0.0565 e. The molecule has 0 spiro atoms. The first kappa shape index (κ1) is 38.3. The molecule has 2 aromatic heterocycles. The average molecular weight is 832 g/mol. The van der Waals surface area contributed by atoms with Crippen LogP contribution < -0.4 is 4.90 Å². The lowest BCUT2D eigenvalue weighted by Crippen LogP contribution is -2.10. The highest BCUT2D eigenvalue weighted by molar-refractivity contribution is 6.18. The molecule has 9 aromatic carbocycles. The van der Waals surface area contributed by atoms with Crippen LogP contribution >= 0.6 is 0 Å². The fourth-order valence-corrected chi connectivity index (χ4v) is 10.2. The van der Waals surface area contributed by atoms with Gasteiger partial charge in [0.1, 0.15) is 0 Å². The Morgan fingerprint density at radius 2 is 1.18 bits per heavy atom. The van der Waals surface area contributed by atoms with Gasteiger partial charge in [-0.1, -0.05) is 158 Å². The molecule has 1 aliphatic carbocycles. The van der Waals surface area contributed by atoms with Crippen LogP contribution in [-0.2, 0) is 6.42 Å². The van der Waals surface area contributed by atoms with Gasteiger partial charge in [0, 0.05) is 49.7 Å². The summed E-state index contributed by atoms with van der Waals surface area (Å²) in [5.41, 5.74) is 21.4. The fraction of sp³-hybridized carbons (Fsp3) is 0.0323. The van der Waals surface area contributed by atoms with E-state index in [-0.39, 0.29) is 0 Å². The molecule has 0 fully saturated rings. The second kappa shape index (κ2) is 15.7. The number of hydrogen-bond acceptors (Lipinski definition) is 1. The van der Waals surface area contributed by atoms with Crippen molar-refractivity contribution in [2.24, 2.45) is 0 Å². The van der Waals surface area contributed by atoms with E-state index >= 15 is 0 Å². The molecule has 0 aliphatic heterocycles. The highest BCUT2D eigenvalue weighted by Crippen LogP contribution is 2.46. The van der Waals surface area contributed by atoms with Gasteiger partial charge < -0.3 is 14.5 Å². The topological polar surface area (TPSA) is 24.0 Å². The van der Waals surface area contributed by atoms with Gasteiger partial charge in [-0.2, -0.15) is 0 Å². The predicted molar refractivity (Wildman–Crippen MR) is 277 cm³/mol. The van der Waals surface area contributed by atoms with E-state index in [2.05, 4.69) is 239 Å². The highest BCUT2D eigenvalue weighted by Gasteiger charge is 2.23. The lowest BCUT2D eigenvalue weighted by Gasteiger charge is -2.27. The third kappa shape index (κ3) is 6.43. The van der Waals surface area contributed by atoms with Crippen LogP contribution in [0.2, 0.25) is 0 Å². The van der Waals surface area contributed by atoms with Gasteiger partial charge in [-0.3, -0.25) is 0 Å². The van der Waals surface area contributed by atoms with E-state index in [0.29, 0.717) is 0 Å². The normalized spacial score (nSPS) is 12.4. The van der Waals surface area contributed by atoms with E-state index in [4.69, 9.17) is 0 Å². The van der Waals surface area contributed by atoms with Gasteiger partial charge in [-0.05, 0) is 136 Å². The maximum atomic E-state index is 4.22. The molecule has 3 heteroatoms. The van der Waals surface area contributed by atoms with Crippen molar-refractivity contribution in [2.75, 3.05) is 4.90 Å². The van der Waals surface area contributed by atoms with Crippen molar-refractivity contribution >= 4 is 66.2 Å². The van der Waals surface area contributed by atoms with E-state index in [1.54, 1.807) is 0 Å². The lowest BCUT2D eigenvalue weighted by atomic mass is 9.97. The van der Waals surface area contributed by atoms with E-state index in [1.807, 2.05) is 13.0 Å². The molecular formula is C62H45N3. The number of H-pyrrole nitrogens is 1. The van der Waals surface area contributed by atoms with Crippen LogP contribution in [-0.4, -0.2) is 9.55 Å². The van der Waals surface area contributed by atoms with E-state index in [9.17, 15) is 0 Å². The van der Waals surface area contributed by atoms with Crippen molar-refractivity contribution < 1.29 is 0 Å². The Morgan fingerprint density at radius 1 is 0.554 bits per heavy atom. The van der Waals surface area contributed by atoms with Crippen LogP contribution in [0.25, 0.3) is 88.3 Å². The predicted octanol–water partition coefficient (Wildman–Crippen LogP) is 16.9. The van der Waals surface area contributed by atoms with Gasteiger partial charge in [-0.25, -0.2) is 0 Å². The molecule has 12 rings (SSSR count). The third-order valence-corrected chi connectivity index (χ3v) is 13.3. The van der Waals surface area contributed by atoms with Crippen molar-refractivity contribution in [2.45, 2.75) is 13.3 Å². The van der Waals surface area contributed by atoms with Crippen molar-refractivity contribution in [3.05, 3.63) is 248 Å². The summed E-state index contributed by atoms with van der Waals surface area (Å²) in [6, 6.07) is 73.4. The van der Waals surface area contributed by atoms with Gasteiger partial charge in [-0.15, -0.1) is 0 Å². The van der Waals surface area contributed by atoms with Crippen LogP contribution in [0.15, 0.2) is 231 Å². The molecule has 1 aliphatic rings. The number of allylic oxidation sites excluding steroid dienone is 5. The zero-order valence-electron chi connectivity index (χ0n) is 36.2. The van der Waals surface area contributed by atoms with Crippen molar-refractivity contribution in [1.82, 2.24) is 9.55 Å². The minimum Gasteiger partial charge on any atom is -0.354 e. The largest absolute Gasteiger partial charge is 0.354 e. The number of aromatic nitrogens is 2. The number of hydrogen-bond donors (Lipinski definition) is 1. The third-order valence-electron chi connectivity index (χ3n) is 13.3. The summed E-state index contributed by atoms with van der Waals surface area (Å²) in [6.45, 7) is 6.26. The Labute approximate surface area is 379 Å². The number of anilines is 3. The van der Waals surface area contributed by atoms with Crippen LogP contribution in [0, 0.1) is 0 Å². The molecule has 11 aromatic rings. The maximum absolute atomic E-state index is 4.22. The summed E-state index contributed by atoms with van der Waals surface area (Å²) in [4.78, 5) is 6.24. The van der Waals surface area contributed by atoms with Crippen LogP contribution in [0.3, 0.4) is 0 Å². The number of rotatable bonds is 9. The molecule has 0 saturated heterocycles. The molecular weight excluding hydrogens is 787 g/mol. The molecule has 0 saturated carbocycles. The molecule has 65 heavy (non-hydrogen) atoms. The van der Waals surface area contributed by atoms with Gasteiger partial charge in [0.15, 0.2) is 0 Å². The van der Waals surface area contributed by atoms with Crippen LogP contribution in [0.5, 0.6) is 0 Å². The minimum absolute atomic E-state index is 0.992. The van der Waals surface area contributed by atoms with Crippen LogP contribution in [0.4, 0.5) is 17.1 Å². The Bertz CT molecular complexity index is 3690. The molecule has 0 atom stereocenters. The fourth-order valence-electron chi connectivity index (χ4n) is 10.2. The van der Waals surface area contributed by atoms with Gasteiger partial charge in [0.05, 0.1) is 22.2 Å². The summed E-state index contributed by atoms with van der Waals surface area (Å²) in [6.07, 6.45) is 9.21. The zero-order chi connectivity index (χ0) is 43.4. The Kier molecular flexibility index (Phi) is 9.28. The number of nitrogens with one attached hydrogen (secondary N) is 1. The summed E-state index contributed by atoms with van der Waals surface area (Å²) >= 11 is 0. The lowest BCUT2D eigenvalue weighted by molar-refractivity contribution is 1.18. The standard InChI is InChI=1S/C62H45N3/c1-3-5-15-41(4-2)52-35-37-60(61-54-21-11-13-22-57(54)63-62(52)61)64(49-31-26-42(27-32-49)44-24-25-47-38-46-16-9-10-19-51(46)55(47)39-44)50-33-28-43(29-34-50)45-30-36-59-56(40-45)53-20-12-14-23-58(53)65(59)48-17-7-6-8-18-48/h3-37,39-40,63H,2,38H2,1H3/b5-3-,41-15+. The van der Waals surface area contributed by atoms with Crippen LogP contribution in [0.1, 0.15) is 23.6 Å². The number of aromatic amines is 1. The highest BCUT2D eigenvalue weighted by atomic mass is 15.1. The molecule has 2 heterocycles. The molecule has 3 nitrogen and oxygen atoms in total. The zero-order valence-corrected chi connectivity index (χ0v) is 36.2. The summed E-state index contributed by atoms with van der Waals surface area (Å²) in [7, 11) is 0. The number of para-hydroxylation sites is 3. The molecule has 0 unspecified atom stereocenters. The quantitative estimate of drug-likeness (QED) is 0.144. The monoisotopic (exact) mass is 831 g/mol. The summed E-state index contributed by atoms with van der Waals surface area (Å²) in [5, 5.41) is 4.82. The minimum atomic E-state index is 0.992. The second-order valence-corrected chi connectivity index (χ2v) is 17.0. The first-order valence-corrected chi connectivity index (χ1v) is 22.5. The molecule has 0 bridgehead atoms. The van der Waals surface area contributed by atoms with Crippen molar-refractivity contribution in [3.63, 3.8) is 0 Å². The van der Waals surface area contributed by atoms with Crippen molar-refractivity contribution in [1.29, 1.82) is 0 Å². The molecule has 0 radical (unpaired) electrons. The number of nitrogens with zero attached hydrogens (tertiary/aromatic N) is 2. The first-order valence-electron chi connectivity index (χ1n) is 22.5. The SMILES string of the molecule is C=C/C(=C\C=C/C)c1ccc(N(c2ccc(-c3ccc4c(c3)-c3ccccc3C4)cc2)c2ccc(-c3ccc4c(c3)c3ccccc3n4-c3ccccc3)cc2)c2c1[nH]c1ccccc12.